The van der Waals surface area contributed by atoms with Gasteiger partial charge in [0.15, 0.2) is 5.76 Å². The van der Waals surface area contributed by atoms with Gasteiger partial charge in [-0.3, -0.25) is 0 Å². The number of carbonyl (C=O) groups is 1. The van der Waals surface area contributed by atoms with E-state index in [9.17, 15) is 31.1 Å². The van der Waals surface area contributed by atoms with Crippen molar-refractivity contribution in [1.82, 2.24) is 0 Å². The maximum atomic E-state index is 12.9. The molecule has 1 atom stereocenters. The zero-order valence-corrected chi connectivity index (χ0v) is 11.4. The highest BCUT2D eigenvalue weighted by Gasteiger charge is 2.48. The van der Waals surface area contributed by atoms with Crippen LogP contribution in [0.15, 0.2) is 17.9 Å². The monoisotopic (exact) mass is 362 g/mol. The van der Waals surface area contributed by atoms with Crippen molar-refractivity contribution >= 4 is 23.8 Å². The van der Waals surface area contributed by atoms with Crippen LogP contribution in [0.1, 0.15) is 11.1 Å². The molecule has 1 unspecified atom stereocenters. The van der Waals surface area contributed by atoms with Gasteiger partial charge in [0.05, 0.1) is 10.6 Å². The number of halogens is 7. The minimum atomic E-state index is -5.10. The molecule has 1 aliphatic rings. The predicted octanol–water partition coefficient (Wildman–Crippen LogP) is 4.72. The summed E-state index contributed by atoms with van der Waals surface area (Å²) >= 11 is 5.44. The van der Waals surface area contributed by atoms with E-state index in [1.807, 2.05) is 0 Å². The lowest BCUT2D eigenvalue weighted by atomic mass is 10.0. The number of carboxylic acid groups (broad SMARTS) is 1. The average Bonchev–Trinajstić information content (AvgIpc) is 2.33. The summed E-state index contributed by atoms with van der Waals surface area (Å²) in [6, 6.07) is 1.02. The zero-order chi connectivity index (χ0) is 17.6. The molecule has 23 heavy (non-hydrogen) atoms. The Hall–Kier alpha value is -2.10. The van der Waals surface area contributed by atoms with E-state index >= 15 is 0 Å². The Morgan fingerprint density at radius 3 is 2.30 bits per heavy atom. The van der Waals surface area contributed by atoms with Crippen LogP contribution >= 0.6 is 11.6 Å². The van der Waals surface area contributed by atoms with Crippen molar-refractivity contribution in [2.24, 2.45) is 0 Å². The van der Waals surface area contributed by atoms with Gasteiger partial charge < -0.3 is 14.6 Å². The first-order valence-electron chi connectivity index (χ1n) is 5.66. The highest BCUT2D eigenvalue weighted by atomic mass is 35.5. The van der Waals surface area contributed by atoms with E-state index in [1.54, 1.807) is 0 Å². The molecule has 1 aromatic rings. The number of rotatable bonds is 1. The number of benzene rings is 1. The molecule has 0 saturated heterocycles. The number of hydrogen-bond acceptors (Lipinski definition) is 3. The molecule has 1 aliphatic heterocycles. The van der Waals surface area contributed by atoms with Crippen molar-refractivity contribution in [3.63, 3.8) is 0 Å². The first-order chi connectivity index (χ1) is 10.4. The van der Waals surface area contributed by atoms with Gasteiger partial charge in [-0.05, 0) is 18.2 Å². The number of hydrogen-bond donors (Lipinski definition) is 1. The molecule has 0 aliphatic carbocycles. The molecule has 11 heteroatoms. The standard InChI is InChI=1S/C12H5ClF6O4/c13-6-1-4-2-8(23-10(20)21)9(12(17,18)19)22-7(4)3-5(6)11(14,15)16/h1-3,9H,(H,20,21). The molecule has 1 N–H and O–H groups in total. The Labute approximate surface area is 128 Å². The van der Waals surface area contributed by atoms with Gasteiger partial charge in [-0.1, -0.05) is 11.6 Å². The Bertz CT molecular complexity index is 679. The van der Waals surface area contributed by atoms with Crippen LogP contribution < -0.4 is 4.74 Å². The van der Waals surface area contributed by atoms with Gasteiger partial charge >= 0.3 is 18.5 Å². The van der Waals surface area contributed by atoms with Crippen molar-refractivity contribution in [1.29, 1.82) is 0 Å². The van der Waals surface area contributed by atoms with Gasteiger partial charge in [0.25, 0.3) is 6.10 Å². The van der Waals surface area contributed by atoms with E-state index < -0.39 is 46.7 Å². The molecule has 4 nitrogen and oxygen atoms in total. The van der Waals surface area contributed by atoms with Crippen molar-refractivity contribution < 1.29 is 45.7 Å². The lowest BCUT2D eigenvalue weighted by Crippen LogP contribution is -2.39. The minimum absolute atomic E-state index is 0.278. The second kappa shape index (κ2) is 5.52. The summed E-state index contributed by atoms with van der Waals surface area (Å²) in [7, 11) is 0. The third-order valence-corrected chi connectivity index (χ3v) is 3.02. The Balaban J connectivity index is 2.56. The summed E-state index contributed by atoms with van der Waals surface area (Å²) in [4.78, 5) is 10.4. The second-order valence-corrected chi connectivity index (χ2v) is 4.73. The first kappa shape index (κ1) is 17.3. The molecule has 0 amide bonds. The van der Waals surface area contributed by atoms with Gasteiger partial charge in [0.1, 0.15) is 5.75 Å². The smallest absolute Gasteiger partial charge is 0.472 e. The molecule has 0 spiro atoms. The van der Waals surface area contributed by atoms with Crippen LogP contribution in [-0.4, -0.2) is 23.5 Å². The molecule has 0 aromatic heterocycles. The molecular weight excluding hydrogens is 358 g/mol. The average molecular weight is 363 g/mol. The maximum Gasteiger partial charge on any atom is 0.511 e. The van der Waals surface area contributed by atoms with Gasteiger partial charge in [0, 0.05) is 5.56 Å². The van der Waals surface area contributed by atoms with E-state index in [0.717, 1.165) is 0 Å². The SMILES string of the molecule is O=C(O)OC1=Cc2cc(Cl)c(C(F)(F)F)cc2OC1C(F)(F)F. The van der Waals surface area contributed by atoms with Crippen LogP contribution in [0.25, 0.3) is 6.08 Å². The molecule has 0 radical (unpaired) electrons. The molecule has 2 rings (SSSR count). The van der Waals surface area contributed by atoms with Crippen LogP contribution in [0.4, 0.5) is 31.1 Å². The third kappa shape index (κ3) is 3.63. The Morgan fingerprint density at radius 2 is 1.83 bits per heavy atom. The van der Waals surface area contributed by atoms with Gasteiger partial charge in [-0.25, -0.2) is 4.79 Å². The summed E-state index contributed by atoms with van der Waals surface area (Å²) in [5.74, 6) is -1.88. The van der Waals surface area contributed by atoms with Crippen LogP contribution in [0.3, 0.4) is 0 Å². The quantitative estimate of drug-likeness (QED) is 0.580. The second-order valence-electron chi connectivity index (χ2n) is 4.32. The van der Waals surface area contributed by atoms with Crippen molar-refractivity contribution in [3.8, 4) is 5.75 Å². The topological polar surface area (TPSA) is 55.8 Å². The number of ether oxygens (including phenoxy) is 2. The van der Waals surface area contributed by atoms with E-state index in [2.05, 4.69) is 9.47 Å². The first-order valence-corrected chi connectivity index (χ1v) is 6.04. The van der Waals surface area contributed by atoms with Gasteiger partial charge in [0.2, 0.25) is 0 Å². The van der Waals surface area contributed by atoms with Gasteiger partial charge in [-0.15, -0.1) is 0 Å². The number of fused-ring (bicyclic) bond motifs is 1. The predicted molar refractivity (Wildman–Crippen MR) is 64.0 cm³/mol. The van der Waals surface area contributed by atoms with Crippen molar-refractivity contribution in [3.05, 3.63) is 34.0 Å². The molecule has 0 bridgehead atoms. The van der Waals surface area contributed by atoms with E-state index in [4.69, 9.17) is 16.7 Å². The van der Waals surface area contributed by atoms with Crippen molar-refractivity contribution in [2.75, 3.05) is 0 Å². The maximum absolute atomic E-state index is 12.9. The number of alkyl halides is 6. The summed E-state index contributed by atoms with van der Waals surface area (Å²) in [6.07, 6.45) is -14.3. The molecular formula is C12H5ClF6O4. The zero-order valence-electron chi connectivity index (χ0n) is 10.6. The summed E-state index contributed by atoms with van der Waals surface area (Å²) in [5.41, 5.74) is -1.66. The van der Waals surface area contributed by atoms with Gasteiger partial charge in [-0.2, -0.15) is 26.3 Å². The summed E-state index contributed by atoms with van der Waals surface area (Å²) in [6.45, 7) is 0. The summed E-state index contributed by atoms with van der Waals surface area (Å²) in [5, 5.41) is 7.66. The fourth-order valence-electron chi connectivity index (χ4n) is 1.83. The van der Waals surface area contributed by atoms with Crippen molar-refractivity contribution in [2.45, 2.75) is 18.5 Å². The van der Waals surface area contributed by atoms with Crippen LogP contribution in [0.2, 0.25) is 5.02 Å². The third-order valence-electron chi connectivity index (χ3n) is 2.71. The molecule has 0 fully saturated rings. The van der Waals surface area contributed by atoms with E-state index in [0.29, 0.717) is 18.2 Å². The molecule has 1 aromatic carbocycles. The molecule has 1 heterocycles. The van der Waals surface area contributed by atoms with E-state index in [1.165, 1.54) is 0 Å². The molecule has 126 valence electrons. The fraction of sp³-hybridized carbons (Fsp3) is 0.250. The summed E-state index contributed by atoms with van der Waals surface area (Å²) < 4.78 is 85.2. The largest absolute Gasteiger partial charge is 0.511 e. The Kier molecular flexibility index (Phi) is 4.14. The lowest BCUT2D eigenvalue weighted by Gasteiger charge is -2.28. The van der Waals surface area contributed by atoms with E-state index in [-0.39, 0.29) is 5.56 Å². The normalized spacial score (nSPS) is 17.9. The highest BCUT2D eigenvalue weighted by Crippen LogP contribution is 2.43. The molecule has 0 saturated carbocycles. The van der Waals surface area contributed by atoms with Crippen LogP contribution in [-0.2, 0) is 10.9 Å². The van der Waals surface area contributed by atoms with Crippen LogP contribution in [0.5, 0.6) is 5.75 Å². The highest BCUT2D eigenvalue weighted by molar-refractivity contribution is 6.31. The fourth-order valence-corrected chi connectivity index (χ4v) is 2.11. The van der Waals surface area contributed by atoms with Crippen LogP contribution in [0, 0.1) is 0 Å². The lowest BCUT2D eigenvalue weighted by molar-refractivity contribution is -0.191. The Morgan fingerprint density at radius 1 is 1.22 bits per heavy atom. The minimum Gasteiger partial charge on any atom is -0.472 e.